The van der Waals surface area contributed by atoms with E-state index in [4.69, 9.17) is 4.42 Å². The Labute approximate surface area is 164 Å². The molecule has 0 fully saturated rings. The van der Waals surface area contributed by atoms with Crippen LogP contribution in [0.5, 0.6) is 0 Å². The third-order valence-electron chi connectivity index (χ3n) is 3.84. The van der Waals surface area contributed by atoms with Crippen LogP contribution in [0.3, 0.4) is 0 Å². The molecule has 0 aliphatic heterocycles. The van der Waals surface area contributed by atoms with Crippen LogP contribution in [0.2, 0.25) is 0 Å². The Morgan fingerprint density at radius 3 is 2.44 bits per heavy atom. The molecule has 0 unspecified atom stereocenters. The van der Waals surface area contributed by atoms with E-state index in [9.17, 15) is 14.7 Å². The minimum atomic E-state index is -1.34. The van der Waals surface area contributed by atoms with Crippen molar-refractivity contribution >= 4 is 28.0 Å². The normalized spacial score (nSPS) is 10.6. The number of hydrogen-bond acceptors (Lipinski definition) is 5. The predicted octanol–water partition coefficient (Wildman–Crippen LogP) is -0.624. The third kappa shape index (κ3) is 3.09. The van der Waals surface area contributed by atoms with Crippen LogP contribution < -0.4 is 40.1 Å². The molecule has 0 spiro atoms. The molecule has 0 atom stereocenters. The number of rotatable bonds is 2. The zero-order chi connectivity index (χ0) is 16.7. The van der Waals surface area contributed by atoms with Crippen molar-refractivity contribution < 1.29 is 43.9 Å². The summed E-state index contributed by atoms with van der Waals surface area (Å²) in [6.45, 7) is 0. The van der Waals surface area contributed by atoms with Gasteiger partial charge in [0.1, 0.15) is 5.58 Å². The predicted molar refractivity (Wildman–Crippen MR) is 87.6 cm³/mol. The van der Waals surface area contributed by atoms with E-state index < -0.39 is 5.97 Å². The second-order valence-corrected chi connectivity index (χ2v) is 5.34. The van der Waals surface area contributed by atoms with Crippen LogP contribution >= 0.6 is 0 Å². The number of aromatic carboxylic acids is 1. The molecule has 25 heavy (non-hydrogen) atoms. The number of carboxylic acid groups (broad SMARTS) is 1. The Kier molecular flexibility index (Phi) is 4.72. The van der Waals surface area contributed by atoms with Gasteiger partial charge in [0, 0.05) is 5.56 Å². The van der Waals surface area contributed by atoms with Crippen molar-refractivity contribution in [1.29, 1.82) is 0 Å². The van der Waals surface area contributed by atoms with Gasteiger partial charge in [0.25, 0.3) is 0 Å². The molecule has 0 N–H and O–H groups in total. The van der Waals surface area contributed by atoms with Gasteiger partial charge < -0.3 is 14.3 Å². The van der Waals surface area contributed by atoms with Crippen molar-refractivity contribution in [2.24, 2.45) is 0 Å². The van der Waals surface area contributed by atoms with Crippen LogP contribution in [0.1, 0.15) is 10.4 Å². The van der Waals surface area contributed by atoms with Crippen molar-refractivity contribution in [2.45, 2.75) is 0 Å². The van der Waals surface area contributed by atoms with E-state index in [-0.39, 0.29) is 57.2 Å². The molecule has 0 aliphatic rings. The first kappa shape index (κ1) is 17.4. The fourth-order valence-corrected chi connectivity index (χ4v) is 2.63. The van der Waals surface area contributed by atoms with Crippen LogP contribution in [-0.4, -0.2) is 11.0 Å². The maximum atomic E-state index is 12.6. The van der Waals surface area contributed by atoms with E-state index in [0.29, 0.717) is 11.1 Å². The fourth-order valence-electron chi connectivity index (χ4n) is 2.63. The van der Waals surface area contributed by atoms with E-state index in [0.717, 1.165) is 5.56 Å². The molecule has 4 aromatic rings. The summed E-state index contributed by atoms with van der Waals surface area (Å²) in [5.41, 5.74) is 1.72. The number of carbonyl (C=O) groups excluding carboxylic acids is 1. The molecule has 116 valence electrons. The van der Waals surface area contributed by atoms with E-state index in [1.54, 1.807) is 12.1 Å². The van der Waals surface area contributed by atoms with Gasteiger partial charge in [-0.25, -0.2) is 4.98 Å². The summed E-state index contributed by atoms with van der Waals surface area (Å²) in [6, 6.07) is 17.0. The largest absolute Gasteiger partial charge is 1.00 e. The maximum absolute atomic E-state index is 12.6. The monoisotopic (exact) mass is 339 g/mol. The van der Waals surface area contributed by atoms with Gasteiger partial charge >= 0.3 is 29.6 Å². The number of fused-ring (bicyclic) bond motifs is 2. The van der Waals surface area contributed by atoms with Crippen LogP contribution in [0.4, 0.5) is 0 Å². The smallest absolute Gasteiger partial charge is 0.545 e. The Morgan fingerprint density at radius 2 is 1.72 bits per heavy atom. The van der Waals surface area contributed by atoms with Gasteiger partial charge in [-0.15, -0.1) is 0 Å². The summed E-state index contributed by atoms with van der Waals surface area (Å²) < 4.78 is 5.70. The Morgan fingerprint density at radius 1 is 0.960 bits per heavy atom. The maximum Gasteiger partial charge on any atom is 1.00 e. The van der Waals surface area contributed by atoms with Crippen molar-refractivity contribution in [3.05, 3.63) is 76.5 Å². The molecule has 2 aromatic heterocycles. The van der Waals surface area contributed by atoms with Gasteiger partial charge in [0.05, 0.1) is 22.4 Å². The summed E-state index contributed by atoms with van der Waals surface area (Å²) in [6.07, 6.45) is 0. The van der Waals surface area contributed by atoms with Crippen molar-refractivity contribution in [3.63, 3.8) is 0 Å². The molecule has 6 heteroatoms. The zero-order valence-electron chi connectivity index (χ0n) is 13.4. The molecule has 2 heterocycles. The number of hydrogen-bond donors (Lipinski definition) is 0. The number of benzene rings is 2. The summed E-state index contributed by atoms with van der Waals surface area (Å²) >= 11 is 0. The molecule has 0 radical (unpaired) electrons. The summed E-state index contributed by atoms with van der Waals surface area (Å²) in [7, 11) is 0. The van der Waals surface area contributed by atoms with E-state index in [1.165, 1.54) is 18.2 Å². The first-order valence-corrected chi connectivity index (χ1v) is 7.28. The van der Waals surface area contributed by atoms with Gasteiger partial charge in [0.2, 0.25) is 11.1 Å². The zero-order valence-corrected chi connectivity index (χ0v) is 15.4. The topological polar surface area (TPSA) is 83.2 Å². The van der Waals surface area contributed by atoms with Crippen LogP contribution in [-0.2, 0) is 0 Å². The molecule has 0 aliphatic carbocycles. The summed E-state index contributed by atoms with van der Waals surface area (Å²) in [5.74, 6) is -1.34. The SMILES string of the molecule is O=C([O-])c1ccc2oc3nc(-c4ccccc4)ccc3c(=O)c2c1.[Na+]. The average molecular weight is 339 g/mol. The standard InChI is InChI=1S/C19H11NO4.Na/c21-17-13-7-8-15(11-4-2-1-3-5-11)20-18(13)24-16-9-6-12(19(22)23)10-14(16)17;/h1-10H,(H,22,23);/q;+1/p-1. The summed E-state index contributed by atoms with van der Waals surface area (Å²) in [5, 5.41) is 11.5. The van der Waals surface area contributed by atoms with Gasteiger partial charge in [0.15, 0.2) is 0 Å². The van der Waals surface area contributed by atoms with E-state index in [1.807, 2.05) is 30.3 Å². The van der Waals surface area contributed by atoms with E-state index >= 15 is 0 Å². The third-order valence-corrected chi connectivity index (χ3v) is 3.84. The quantitative estimate of drug-likeness (QED) is 0.359. The molecule has 0 bridgehead atoms. The molecule has 0 amide bonds. The van der Waals surface area contributed by atoms with Crippen molar-refractivity contribution in [1.82, 2.24) is 4.98 Å². The fraction of sp³-hybridized carbons (Fsp3) is 0. The summed E-state index contributed by atoms with van der Waals surface area (Å²) in [4.78, 5) is 28.0. The van der Waals surface area contributed by atoms with Gasteiger partial charge in [-0.05, 0) is 35.9 Å². The van der Waals surface area contributed by atoms with Gasteiger partial charge in [-0.3, -0.25) is 4.79 Å². The molecular weight excluding hydrogens is 329 g/mol. The molecule has 4 rings (SSSR count). The average Bonchev–Trinajstić information content (AvgIpc) is 2.62. The molecule has 2 aromatic carbocycles. The van der Waals surface area contributed by atoms with Crippen molar-refractivity contribution in [2.75, 3.05) is 0 Å². The van der Waals surface area contributed by atoms with Crippen LogP contribution in [0, 0.1) is 0 Å². The molecular formula is C19H10NNaO4. The molecule has 0 saturated carbocycles. The van der Waals surface area contributed by atoms with Crippen LogP contribution in [0.15, 0.2) is 69.9 Å². The van der Waals surface area contributed by atoms with E-state index in [2.05, 4.69) is 4.98 Å². The molecule has 0 saturated heterocycles. The van der Waals surface area contributed by atoms with Crippen LogP contribution in [0.25, 0.3) is 33.3 Å². The minimum absolute atomic E-state index is 0. The number of aromatic nitrogens is 1. The number of carbonyl (C=O) groups is 1. The first-order valence-electron chi connectivity index (χ1n) is 7.28. The minimum Gasteiger partial charge on any atom is -0.545 e. The molecule has 5 nitrogen and oxygen atoms in total. The Hall–Kier alpha value is -2.47. The van der Waals surface area contributed by atoms with Gasteiger partial charge in [-0.1, -0.05) is 30.3 Å². The second-order valence-electron chi connectivity index (χ2n) is 5.34. The number of nitrogens with zero attached hydrogens (tertiary/aromatic N) is 1. The number of carboxylic acids is 1. The van der Waals surface area contributed by atoms with Gasteiger partial charge in [-0.2, -0.15) is 0 Å². The Bertz CT molecular complexity index is 1150. The number of pyridine rings is 1. The first-order chi connectivity index (χ1) is 11.6. The second kappa shape index (κ2) is 6.80. The van der Waals surface area contributed by atoms with Crippen molar-refractivity contribution in [3.8, 4) is 11.3 Å². The Balaban J connectivity index is 0.00000182.